The highest BCUT2D eigenvalue weighted by atomic mass is 16.2. The summed E-state index contributed by atoms with van der Waals surface area (Å²) in [5.41, 5.74) is 2.85. The summed E-state index contributed by atoms with van der Waals surface area (Å²) < 4.78 is 0. The number of carbonyl (C=O) groups excluding carboxylic acids is 2. The Morgan fingerprint density at radius 3 is 1.78 bits per heavy atom. The van der Waals surface area contributed by atoms with Gasteiger partial charge >= 0.3 is 0 Å². The molecule has 0 aliphatic carbocycles. The summed E-state index contributed by atoms with van der Waals surface area (Å²) in [5, 5.41) is 0. The Morgan fingerprint density at radius 1 is 0.667 bits per heavy atom. The lowest BCUT2D eigenvalue weighted by molar-refractivity contribution is 0.0937. The molecule has 0 unspecified atom stereocenters. The molecule has 0 saturated carbocycles. The van der Waals surface area contributed by atoms with Crippen molar-refractivity contribution >= 4 is 23.1 Å². The number of rotatable bonds is 6. The minimum absolute atomic E-state index is 0.0116. The van der Waals surface area contributed by atoms with Crippen LogP contribution in [0.5, 0.6) is 0 Å². The highest BCUT2D eigenvalue weighted by Gasteiger charge is 2.21. The average Bonchev–Trinajstić information content (AvgIpc) is 2.72. The average molecular weight is 358 g/mol. The molecule has 0 heterocycles. The molecule has 0 aliphatic heterocycles. The van der Waals surface area contributed by atoms with Crippen LogP contribution in [0.1, 0.15) is 20.7 Å². The van der Waals surface area contributed by atoms with Crippen LogP contribution in [-0.4, -0.2) is 32.3 Å². The van der Waals surface area contributed by atoms with Gasteiger partial charge in [-0.1, -0.05) is 48.5 Å². The van der Waals surface area contributed by atoms with E-state index in [-0.39, 0.29) is 18.2 Å². The van der Waals surface area contributed by atoms with E-state index in [2.05, 4.69) is 0 Å². The Hall–Kier alpha value is -3.40. The van der Waals surface area contributed by atoms with E-state index in [1.165, 1.54) is 4.90 Å². The fourth-order valence-corrected chi connectivity index (χ4v) is 2.81. The Balaban J connectivity index is 1.90. The van der Waals surface area contributed by atoms with E-state index in [9.17, 15) is 9.59 Å². The van der Waals surface area contributed by atoms with Crippen LogP contribution in [0.25, 0.3) is 0 Å². The zero-order valence-electron chi connectivity index (χ0n) is 15.5. The summed E-state index contributed by atoms with van der Waals surface area (Å²) in [6.45, 7) is -0.0116. The molecule has 27 heavy (non-hydrogen) atoms. The van der Waals surface area contributed by atoms with Crippen molar-refractivity contribution in [1.29, 1.82) is 0 Å². The number of para-hydroxylation sites is 1. The van der Waals surface area contributed by atoms with Crippen LogP contribution in [0.4, 0.5) is 11.4 Å². The number of amides is 1. The summed E-state index contributed by atoms with van der Waals surface area (Å²) in [4.78, 5) is 29.4. The lowest BCUT2D eigenvalue weighted by atomic mass is 10.1. The van der Waals surface area contributed by atoms with E-state index in [1.807, 2.05) is 79.7 Å². The van der Waals surface area contributed by atoms with Gasteiger partial charge in [0.2, 0.25) is 0 Å². The molecular weight excluding hydrogens is 336 g/mol. The minimum Gasteiger partial charge on any atom is -0.378 e. The molecule has 4 heteroatoms. The van der Waals surface area contributed by atoms with Crippen molar-refractivity contribution in [3.8, 4) is 0 Å². The van der Waals surface area contributed by atoms with Gasteiger partial charge in [-0.3, -0.25) is 9.59 Å². The molecule has 3 aromatic rings. The Bertz CT molecular complexity index is 904. The van der Waals surface area contributed by atoms with Crippen LogP contribution < -0.4 is 9.80 Å². The number of benzene rings is 3. The highest BCUT2D eigenvalue weighted by molar-refractivity contribution is 6.11. The van der Waals surface area contributed by atoms with Gasteiger partial charge in [-0.15, -0.1) is 0 Å². The summed E-state index contributed by atoms with van der Waals surface area (Å²) in [6, 6.07) is 25.7. The smallest absolute Gasteiger partial charge is 0.258 e. The first-order valence-corrected chi connectivity index (χ1v) is 8.79. The van der Waals surface area contributed by atoms with E-state index in [0.717, 1.165) is 5.69 Å². The van der Waals surface area contributed by atoms with E-state index in [4.69, 9.17) is 0 Å². The molecule has 0 fully saturated rings. The largest absolute Gasteiger partial charge is 0.378 e. The van der Waals surface area contributed by atoms with Crippen molar-refractivity contribution in [2.75, 3.05) is 30.4 Å². The van der Waals surface area contributed by atoms with Crippen molar-refractivity contribution in [3.05, 3.63) is 96.1 Å². The van der Waals surface area contributed by atoms with Crippen molar-refractivity contribution in [3.63, 3.8) is 0 Å². The number of carbonyl (C=O) groups is 2. The predicted molar refractivity (Wildman–Crippen MR) is 110 cm³/mol. The van der Waals surface area contributed by atoms with Crippen molar-refractivity contribution in [2.24, 2.45) is 0 Å². The maximum Gasteiger partial charge on any atom is 0.258 e. The third-order valence-corrected chi connectivity index (χ3v) is 4.34. The van der Waals surface area contributed by atoms with Crippen LogP contribution in [-0.2, 0) is 0 Å². The monoisotopic (exact) mass is 358 g/mol. The topological polar surface area (TPSA) is 40.6 Å². The fraction of sp³-hybridized carbons (Fsp3) is 0.130. The van der Waals surface area contributed by atoms with Gasteiger partial charge in [-0.05, 0) is 36.4 Å². The van der Waals surface area contributed by atoms with E-state index >= 15 is 0 Å². The number of Topliss-reactive ketones (excluding diaryl/α,β-unsaturated/α-hetero) is 1. The Kier molecular flexibility index (Phi) is 5.67. The van der Waals surface area contributed by atoms with E-state index < -0.39 is 0 Å². The van der Waals surface area contributed by atoms with Crippen molar-refractivity contribution in [1.82, 2.24) is 0 Å². The van der Waals surface area contributed by atoms with Gasteiger partial charge in [-0.25, -0.2) is 0 Å². The first kappa shape index (κ1) is 18.4. The van der Waals surface area contributed by atoms with Gasteiger partial charge in [0, 0.05) is 36.6 Å². The first-order valence-electron chi connectivity index (χ1n) is 8.79. The van der Waals surface area contributed by atoms with Crippen LogP contribution >= 0.6 is 0 Å². The zero-order chi connectivity index (χ0) is 19.2. The Labute approximate surface area is 159 Å². The maximum absolute atomic E-state index is 13.2. The molecule has 136 valence electrons. The summed E-state index contributed by atoms with van der Waals surface area (Å²) in [6.07, 6.45) is 0. The lowest BCUT2D eigenvalue weighted by Crippen LogP contribution is -2.35. The summed E-state index contributed by atoms with van der Waals surface area (Å²) in [7, 11) is 3.90. The molecule has 3 aromatic carbocycles. The maximum atomic E-state index is 13.2. The highest BCUT2D eigenvalue weighted by Crippen LogP contribution is 2.20. The molecule has 0 aliphatic rings. The predicted octanol–water partition coefficient (Wildman–Crippen LogP) is 4.28. The van der Waals surface area contributed by atoms with Gasteiger partial charge in [0.15, 0.2) is 5.78 Å². The van der Waals surface area contributed by atoms with E-state index in [1.54, 1.807) is 24.3 Å². The summed E-state index contributed by atoms with van der Waals surface area (Å²) >= 11 is 0. The second-order valence-electron chi connectivity index (χ2n) is 6.46. The number of hydrogen-bond donors (Lipinski definition) is 0. The third-order valence-electron chi connectivity index (χ3n) is 4.34. The lowest BCUT2D eigenvalue weighted by Gasteiger charge is -2.23. The number of hydrogen-bond acceptors (Lipinski definition) is 3. The van der Waals surface area contributed by atoms with Crippen LogP contribution in [0.15, 0.2) is 84.9 Å². The number of nitrogens with zero attached hydrogens (tertiary/aromatic N) is 2. The normalized spacial score (nSPS) is 10.3. The molecule has 0 atom stereocenters. The second kappa shape index (κ2) is 8.32. The molecule has 3 rings (SSSR count). The molecule has 0 aromatic heterocycles. The molecule has 0 radical (unpaired) electrons. The molecule has 0 bridgehead atoms. The first-order chi connectivity index (χ1) is 13.1. The molecule has 0 saturated heterocycles. The van der Waals surface area contributed by atoms with Gasteiger partial charge in [-0.2, -0.15) is 0 Å². The van der Waals surface area contributed by atoms with Gasteiger partial charge in [0.05, 0.1) is 6.54 Å². The molecule has 0 spiro atoms. The third kappa shape index (κ3) is 4.42. The van der Waals surface area contributed by atoms with Crippen LogP contribution in [0.2, 0.25) is 0 Å². The van der Waals surface area contributed by atoms with Crippen molar-refractivity contribution in [2.45, 2.75) is 0 Å². The fourth-order valence-electron chi connectivity index (χ4n) is 2.81. The van der Waals surface area contributed by atoms with Gasteiger partial charge < -0.3 is 9.80 Å². The SMILES string of the molecule is CN(C)c1ccc(C(=O)N(CC(=O)c2ccccc2)c2ccccc2)cc1. The number of ketones is 1. The van der Waals surface area contributed by atoms with Gasteiger partial charge in [0.25, 0.3) is 5.91 Å². The second-order valence-corrected chi connectivity index (χ2v) is 6.46. The zero-order valence-corrected chi connectivity index (χ0v) is 15.5. The molecule has 0 N–H and O–H groups in total. The number of anilines is 2. The molecular formula is C23H22N2O2. The van der Waals surface area contributed by atoms with E-state index in [0.29, 0.717) is 16.8 Å². The van der Waals surface area contributed by atoms with Crippen LogP contribution in [0, 0.1) is 0 Å². The van der Waals surface area contributed by atoms with Crippen LogP contribution in [0.3, 0.4) is 0 Å². The quantitative estimate of drug-likeness (QED) is 0.618. The molecule has 4 nitrogen and oxygen atoms in total. The Morgan fingerprint density at radius 2 is 1.22 bits per heavy atom. The summed E-state index contributed by atoms with van der Waals surface area (Å²) in [5.74, 6) is -0.298. The van der Waals surface area contributed by atoms with Crippen molar-refractivity contribution < 1.29 is 9.59 Å². The molecule has 1 amide bonds. The minimum atomic E-state index is -0.198. The standard InChI is InChI=1S/C23H22N2O2/c1-24(2)20-15-13-19(14-16-20)23(27)25(21-11-7-4-8-12-21)17-22(26)18-9-5-3-6-10-18/h3-16H,17H2,1-2H3. The van der Waals surface area contributed by atoms with Gasteiger partial charge in [0.1, 0.15) is 0 Å².